The van der Waals surface area contributed by atoms with Gasteiger partial charge in [0.05, 0.1) is 18.8 Å². The van der Waals surface area contributed by atoms with Crippen LogP contribution in [0, 0.1) is 6.92 Å². The molecule has 1 saturated heterocycles. The number of aliphatic hydroxyl groups is 1. The maximum absolute atomic E-state index is 12.9. The number of hydrogen-bond acceptors (Lipinski definition) is 6. The van der Waals surface area contributed by atoms with Crippen LogP contribution in [-0.2, 0) is 17.5 Å². The fraction of sp³-hybridized carbons (Fsp3) is 0.381. The highest BCUT2D eigenvalue weighted by atomic mass is 19.4. The van der Waals surface area contributed by atoms with E-state index < -0.39 is 18.0 Å². The number of aliphatic hydroxyl groups excluding tert-OH is 1. The number of benzene rings is 1. The summed E-state index contributed by atoms with van der Waals surface area (Å²) in [6, 6.07) is 6.37. The summed E-state index contributed by atoms with van der Waals surface area (Å²) in [5, 5.41) is 17.3. The second-order valence-corrected chi connectivity index (χ2v) is 7.55. The van der Waals surface area contributed by atoms with Crippen LogP contribution >= 0.6 is 0 Å². The number of halogens is 3. The lowest BCUT2D eigenvalue weighted by Gasteiger charge is -2.27. The van der Waals surface area contributed by atoms with Crippen LogP contribution in [-0.4, -0.2) is 43.7 Å². The first-order valence-electron chi connectivity index (χ1n) is 9.89. The summed E-state index contributed by atoms with van der Waals surface area (Å²) in [4.78, 5) is 7.43. The van der Waals surface area contributed by atoms with Gasteiger partial charge in [-0.15, -0.1) is 0 Å². The molecule has 1 aliphatic rings. The van der Waals surface area contributed by atoms with Gasteiger partial charge in [-0.3, -0.25) is 4.68 Å². The molecular formula is C21H22F3N5O2. The number of nitrogens with zero attached hydrogens (tertiary/aromatic N) is 4. The van der Waals surface area contributed by atoms with Crippen molar-refractivity contribution in [2.75, 3.05) is 11.9 Å². The van der Waals surface area contributed by atoms with Gasteiger partial charge >= 0.3 is 6.18 Å². The second kappa shape index (κ2) is 8.64. The summed E-state index contributed by atoms with van der Waals surface area (Å²) < 4.78 is 46.1. The van der Waals surface area contributed by atoms with Crippen molar-refractivity contribution in [3.05, 3.63) is 54.1 Å². The molecule has 2 atom stereocenters. The molecule has 3 aromatic rings. The van der Waals surface area contributed by atoms with Crippen LogP contribution in [0.1, 0.15) is 24.1 Å². The highest BCUT2D eigenvalue weighted by Crippen LogP contribution is 2.29. The van der Waals surface area contributed by atoms with E-state index in [2.05, 4.69) is 20.4 Å². The zero-order valence-electron chi connectivity index (χ0n) is 16.8. The van der Waals surface area contributed by atoms with E-state index in [1.54, 1.807) is 23.0 Å². The second-order valence-electron chi connectivity index (χ2n) is 7.55. The van der Waals surface area contributed by atoms with E-state index >= 15 is 0 Å². The summed E-state index contributed by atoms with van der Waals surface area (Å²) in [7, 11) is 0. The smallest absolute Gasteiger partial charge is 0.390 e. The maximum atomic E-state index is 12.9. The quantitative estimate of drug-likeness (QED) is 0.634. The number of rotatable bonds is 5. The van der Waals surface area contributed by atoms with Gasteiger partial charge in [0, 0.05) is 30.3 Å². The molecule has 2 N–H and O–H groups in total. The minimum atomic E-state index is -4.54. The molecule has 7 nitrogen and oxygen atoms in total. The Morgan fingerprint density at radius 2 is 2.10 bits per heavy atom. The molecule has 0 bridgehead atoms. The maximum Gasteiger partial charge on any atom is 0.433 e. The normalized spacial score (nSPS) is 19.4. The number of nitrogens with one attached hydrogen (secondary N) is 1. The topological polar surface area (TPSA) is 85.1 Å². The fourth-order valence-corrected chi connectivity index (χ4v) is 3.52. The summed E-state index contributed by atoms with van der Waals surface area (Å²) in [5.41, 5.74) is 2.14. The van der Waals surface area contributed by atoms with Gasteiger partial charge < -0.3 is 15.2 Å². The van der Waals surface area contributed by atoms with Crippen molar-refractivity contribution in [2.45, 2.75) is 44.7 Å². The highest BCUT2D eigenvalue weighted by Gasteiger charge is 2.32. The molecule has 3 heterocycles. The van der Waals surface area contributed by atoms with Gasteiger partial charge in [0.15, 0.2) is 0 Å². The Morgan fingerprint density at radius 1 is 1.26 bits per heavy atom. The molecule has 0 amide bonds. The summed E-state index contributed by atoms with van der Waals surface area (Å²) >= 11 is 0. The Morgan fingerprint density at radius 3 is 2.87 bits per heavy atom. The summed E-state index contributed by atoms with van der Waals surface area (Å²) in [6.07, 6.45) is 0.832. The van der Waals surface area contributed by atoms with Crippen molar-refractivity contribution in [3.8, 4) is 11.1 Å². The molecular weight excluding hydrogens is 411 g/mol. The third-order valence-corrected chi connectivity index (χ3v) is 5.02. The predicted octanol–water partition coefficient (Wildman–Crippen LogP) is 3.95. The number of alkyl halides is 3. The predicted molar refractivity (Wildman–Crippen MR) is 108 cm³/mol. The van der Waals surface area contributed by atoms with E-state index in [-0.39, 0.29) is 12.1 Å². The Hall–Kier alpha value is -2.98. The third kappa shape index (κ3) is 5.20. The van der Waals surface area contributed by atoms with Crippen LogP contribution in [0.25, 0.3) is 11.1 Å². The van der Waals surface area contributed by atoms with Gasteiger partial charge in [-0.1, -0.05) is 6.07 Å². The molecule has 2 aromatic heterocycles. The van der Waals surface area contributed by atoms with Gasteiger partial charge in [-0.2, -0.15) is 18.3 Å². The third-order valence-electron chi connectivity index (χ3n) is 5.02. The zero-order valence-corrected chi connectivity index (χ0v) is 16.8. The molecule has 0 saturated carbocycles. The lowest BCUT2D eigenvalue weighted by molar-refractivity contribution is -0.141. The number of ether oxygens (including phenoxy) is 1. The molecule has 4 rings (SSSR count). The molecule has 164 valence electrons. The van der Waals surface area contributed by atoms with Gasteiger partial charge in [0.2, 0.25) is 5.95 Å². The molecule has 1 fully saturated rings. The van der Waals surface area contributed by atoms with E-state index in [0.717, 1.165) is 35.4 Å². The van der Waals surface area contributed by atoms with E-state index in [1.165, 1.54) is 0 Å². The molecule has 1 aromatic carbocycles. The molecule has 1 aliphatic heterocycles. The monoisotopic (exact) mass is 433 g/mol. The largest absolute Gasteiger partial charge is 0.433 e. The van der Waals surface area contributed by atoms with Gasteiger partial charge in [-0.05, 0) is 49.1 Å². The average molecular weight is 433 g/mol. The molecule has 0 radical (unpaired) electrons. The molecule has 1 unspecified atom stereocenters. The van der Waals surface area contributed by atoms with Crippen LogP contribution < -0.4 is 5.32 Å². The summed E-state index contributed by atoms with van der Waals surface area (Å²) in [5.74, 6) is -0.134. The van der Waals surface area contributed by atoms with Crippen LogP contribution in [0.4, 0.5) is 24.8 Å². The molecule has 0 spiro atoms. The average Bonchev–Trinajstić information content (AvgIpc) is 3.18. The van der Waals surface area contributed by atoms with Crippen molar-refractivity contribution in [3.63, 3.8) is 0 Å². The Bertz CT molecular complexity index is 1050. The van der Waals surface area contributed by atoms with Crippen LogP contribution in [0.2, 0.25) is 0 Å². The number of hydrogen-bond donors (Lipinski definition) is 2. The first kappa shape index (κ1) is 21.3. The van der Waals surface area contributed by atoms with Crippen LogP contribution in [0.15, 0.2) is 42.9 Å². The van der Waals surface area contributed by atoms with E-state index in [0.29, 0.717) is 25.3 Å². The molecule has 10 heteroatoms. The number of anilines is 2. The Kier molecular flexibility index (Phi) is 5.92. The number of aryl methyl sites for hydroxylation is 1. The SMILES string of the molecule is Cc1cc(Nc2nccc(C(F)(F)F)n2)cc(-c2cnn(C[C@@H]3OCCCC3O)c2)c1. The zero-order chi connectivity index (χ0) is 22.0. The lowest BCUT2D eigenvalue weighted by Crippen LogP contribution is -2.37. The van der Waals surface area contributed by atoms with E-state index in [1.807, 2.05) is 19.2 Å². The number of aromatic nitrogens is 4. The van der Waals surface area contributed by atoms with E-state index in [4.69, 9.17) is 4.74 Å². The van der Waals surface area contributed by atoms with Crippen molar-refractivity contribution in [1.29, 1.82) is 0 Å². The first-order valence-corrected chi connectivity index (χ1v) is 9.89. The molecule has 31 heavy (non-hydrogen) atoms. The summed E-state index contributed by atoms with van der Waals surface area (Å²) in [6.45, 7) is 2.95. The van der Waals surface area contributed by atoms with Gasteiger partial charge in [0.25, 0.3) is 0 Å². The minimum Gasteiger partial charge on any atom is -0.390 e. The van der Waals surface area contributed by atoms with Crippen LogP contribution in [0.3, 0.4) is 0 Å². The Balaban J connectivity index is 1.53. The first-order chi connectivity index (χ1) is 14.8. The molecule has 0 aliphatic carbocycles. The van der Waals surface area contributed by atoms with Crippen molar-refractivity contribution in [1.82, 2.24) is 19.7 Å². The van der Waals surface area contributed by atoms with E-state index in [9.17, 15) is 18.3 Å². The minimum absolute atomic E-state index is 0.134. The van der Waals surface area contributed by atoms with Crippen molar-refractivity contribution < 1.29 is 23.0 Å². The van der Waals surface area contributed by atoms with Crippen LogP contribution in [0.5, 0.6) is 0 Å². The standard InChI is InChI=1S/C21H22F3N5O2/c1-13-7-14(15-10-26-29(11-15)12-18-17(30)3-2-6-31-18)9-16(8-13)27-20-25-5-4-19(28-20)21(22,23)24/h4-5,7-11,17-18,30H,2-3,6,12H2,1H3,(H,25,27,28)/t17?,18-/m0/s1. The highest BCUT2D eigenvalue weighted by molar-refractivity contribution is 5.70. The van der Waals surface area contributed by atoms with Crippen molar-refractivity contribution in [2.24, 2.45) is 0 Å². The van der Waals surface area contributed by atoms with Gasteiger partial charge in [0.1, 0.15) is 11.8 Å². The lowest BCUT2D eigenvalue weighted by atomic mass is 10.1. The fourth-order valence-electron chi connectivity index (χ4n) is 3.52. The van der Waals surface area contributed by atoms with Crippen molar-refractivity contribution >= 4 is 11.6 Å². The van der Waals surface area contributed by atoms with Gasteiger partial charge in [-0.25, -0.2) is 9.97 Å². The Labute approximate surface area is 176 Å².